The van der Waals surface area contributed by atoms with Crippen molar-refractivity contribution in [3.63, 3.8) is 0 Å². The molecular formula is C21H15ClN2O. The van der Waals surface area contributed by atoms with Crippen molar-refractivity contribution in [1.29, 1.82) is 0 Å². The number of hydrogen-bond acceptors (Lipinski definition) is 1. The second kappa shape index (κ2) is 6.11. The van der Waals surface area contributed by atoms with Crippen molar-refractivity contribution in [2.75, 3.05) is 0 Å². The van der Waals surface area contributed by atoms with Gasteiger partial charge in [-0.15, -0.1) is 0 Å². The van der Waals surface area contributed by atoms with Crippen LogP contribution in [0.25, 0.3) is 22.0 Å². The number of H-pyrrole nitrogens is 1. The number of aromatic amines is 1. The summed E-state index contributed by atoms with van der Waals surface area (Å²) in [6, 6.07) is 20.6. The van der Waals surface area contributed by atoms with Gasteiger partial charge in [-0.05, 0) is 24.3 Å². The molecule has 3 nitrogen and oxygen atoms in total. The van der Waals surface area contributed by atoms with Gasteiger partial charge < -0.3 is 21.8 Å². The first kappa shape index (κ1) is 15.5. The van der Waals surface area contributed by atoms with Gasteiger partial charge in [-0.2, -0.15) is 0 Å². The smallest absolute Gasteiger partial charge is 0.211 e. The third kappa shape index (κ3) is 2.41. The average molecular weight is 347 g/mol. The Morgan fingerprint density at radius 2 is 1.76 bits per heavy atom. The molecule has 0 fully saturated rings. The van der Waals surface area contributed by atoms with Gasteiger partial charge in [-0.3, -0.25) is 0 Å². The van der Waals surface area contributed by atoms with Gasteiger partial charge in [0.2, 0.25) is 5.69 Å². The molecule has 0 atom stereocenters. The SMILES string of the molecule is C1=[NH+]c2ccccc2C1=C(c1ccco1)c1c[nH]c2ccccc12.[Cl-]. The highest BCUT2D eigenvalue weighted by molar-refractivity contribution is 6.24. The summed E-state index contributed by atoms with van der Waals surface area (Å²) in [6.07, 6.45) is 5.84. The summed E-state index contributed by atoms with van der Waals surface area (Å²) in [6.45, 7) is 0. The number of para-hydroxylation sites is 2. The molecule has 25 heavy (non-hydrogen) atoms. The lowest BCUT2D eigenvalue weighted by Crippen LogP contribution is -3.00. The molecule has 0 saturated heterocycles. The number of nitrogens with one attached hydrogen (secondary N) is 2. The summed E-state index contributed by atoms with van der Waals surface area (Å²) in [5.74, 6) is 0.865. The summed E-state index contributed by atoms with van der Waals surface area (Å²) >= 11 is 0. The summed E-state index contributed by atoms with van der Waals surface area (Å²) in [4.78, 5) is 6.74. The summed E-state index contributed by atoms with van der Waals surface area (Å²) in [5, 5.41) is 1.19. The number of hydrogen-bond donors (Lipinski definition) is 2. The van der Waals surface area contributed by atoms with Crippen LogP contribution >= 0.6 is 0 Å². The zero-order chi connectivity index (χ0) is 15.9. The molecule has 0 amide bonds. The molecule has 2 aromatic carbocycles. The minimum atomic E-state index is 0. The highest BCUT2D eigenvalue weighted by Crippen LogP contribution is 2.37. The predicted molar refractivity (Wildman–Crippen MR) is 96.1 cm³/mol. The molecule has 122 valence electrons. The van der Waals surface area contributed by atoms with Gasteiger partial charge in [-0.25, -0.2) is 4.99 Å². The van der Waals surface area contributed by atoms with E-state index in [1.54, 1.807) is 6.26 Å². The zero-order valence-electron chi connectivity index (χ0n) is 13.3. The van der Waals surface area contributed by atoms with E-state index in [9.17, 15) is 0 Å². The van der Waals surface area contributed by atoms with Crippen molar-refractivity contribution in [1.82, 2.24) is 4.98 Å². The lowest BCUT2D eigenvalue weighted by molar-refractivity contribution is -0.342. The minimum absolute atomic E-state index is 0. The Bertz CT molecular complexity index is 1100. The van der Waals surface area contributed by atoms with Gasteiger partial charge in [0.05, 0.1) is 17.4 Å². The summed E-state index contributed by atoms with van der Waals surface area (Å²) < 4.78 is 5.78. The monoisotopic (exact) mass is 346 g/mol. The van der Waals surface area contributed by atoms with E-state index in [0.29, 0.717) is 0 Å². The van der Waals surface area contributed by atoms with E-state index in [0.717, 1.165) is 33.7 Å². The lowest BCUT2D eigenvalue weighted by Gasteiger charge is -2.07. The first-order valence-corrected chi connectivity index (χ1v) is 7.95. The van der Waals surface area contributed by atoms with Gasteiger partial charge in [-0.1, -0.05) is 30.3 Å². The van der Waals surface area contributed by atoms with E-state index in [2.05, 4.69) is 58.8 Å². The fourth-order valence-corrected chi connectivity index (χ4v) is 3.39. The van der Waals surface area contributed by atoms with E-state index >= 15 is 0 Å². The van der Waals surface area contributed by atoms with Crippen molar-refractivity contribution in [2.24, 2.45) is 0 Å². The van der Waals surface area contributed by atoms with Crippen molar-refractivity contribution < 1.29 is 21.8 Å². The number of allylic oxidation sites excluding steroid dienone is 1. The van der Waals surface area contributed by atoms with E-state index in [1.165, 1.54) is 10.9 Å². The molecule has 5 rings (SSSR count). The van der Waals surface area contributed by atoms with Crippen LogP contribution in [-0.2, 0) is 0 Å². The topological polar surface area (TPSA) is 42.9 Å². The molecule has 0 spiro atoms. The molecule has 4 heteroatoms. The quantitative estimate of drug-likeness (QED) is 0.546. The number of benzene rings is 2. The third-order valence-electron chi connectivity index (χ3n) is 4.48. The van der Waals surface area contributed by atoms with Crippen LogP contribution in [0, 0.1) is 0 Å². The lowest BCUT2D eigenvalue weighted by atomic mass is 9.94. The fourth-order valence-electron chi connectivity index (χ4n) is 3.39. The van der Waals surface area contributed by atoms with Crippen LogP contribution in [0.15, 0.2) is 77.5 Å². The molecule has 2 aromatic heterocycles. The molecule has 0 radical (unpaired) electrons. The van der Waals surface area contributed by atoms with E-state index in [-0.39, 0.29) is 12.4 Å². The van der Waals surface area contributed by atoms with Crippen LogP contribution in [-0.4, -0.2) is 11.2 Å². The zero-order valence-corrected chi connectivity index (χ0v) is 14.0. The second-order valence-corrected chi connectivity index (χ2v) is 5.85. The molecule has 0 unspecified atom stereocenters. The Morgan fingerprint density at radius 1 is 0.920 bits per heavy atom. The van der Waals surface area contributed by atoms with Crippen LogP contribution in [0.2, 0.25) is 0 Å². The number of rotatable bonds is 2. The number of furan rings is 1. The Balaban J connectivity index is 0.00000157. The standard InChI is InChI=1S/C21H14N2O.ClH/c1-3-8-18-14(6-1)16(12-22-18)21(20-10-5-11-24-20)17-13-23-19-9-4-2-7-15(17)19;/h1-13,22H;1H. The van der Waals surface area contributed by atoms with Gasteiger partial charge in [0.1, 0.15) is 5.76 Å². The fraction of sp³-hybridized carbons (Fsp3) is 0. The molecule has 1 aliphatic rings. The Kier molecular flexibility index (Phi) is 3.79. The van der Waals surface area contributed by atoms with Crippen LogP contribution < -0.4 is 17.4 Å². The maximum Gasteiger partial charge on any atom is 0.211 e. The first-order chi connectivity index (χ1) is 11.9. The van der Waals surface area contributed by atoms with Crippen LogP contribution in [0.4, 0.5) is 5.69 Å². The minimum Gasteiger partial charge on any atom is -1.00 e. The highest BCUT2D eigenvalue weighted by atomic mass is 35.5. The maximum atomic E-state index is 5.78. The molecule has 2 N–H and O–H groups in total. The van der Waals surface area contributed by atoms with E-state index in [4.69, 9.17) is 4.42 Å². The molecule has 0 saturated carbocycles. The third-order valence-corrected chi connectivity index (χ3v) is 4.48. The number of fused-ring (bicyclic) bond motifs is 2. The summed E-state index contributed by atoms with van der Waals surface area (Å²) in [7, 11) is 0. The van der Waals surface area contributed by atoms with Crippen LogP contribution in [0.3, 0.4) is 0 Å². The van der Waals surface area contributed by atoms with Gasteiger partial charge in [0.25, 0.3) is 0 Å². The van der Waals surface area contributed by atoms with Crippen molar-refractivity contribution in [2.45, 2.75) is 0 Å². The van der Waals surface area contributed by atoms with Crippen LogP contribution in [0.5, 0.6) is 0 Å². The average Bonchev–Trinajstić information content (AvgIpc) is 3.36. The largest absolute Gasteiger partial charge is 1.00 e. The molecule has 0 aliphatic carbocycles. The molecule has 4 aromatic rings. The second-order valence-electron chi connectivity index (χ2n) is 5.85. The van der Waals surface area contributed by atoms with E-state index in [1.807, 2.05) is 24.3 Å². The Labute approximate surface area is 151 Å². The Morgan fingerprint density at radius 3 is 2.64 bits per heavy atom. The molecule has 3 heterocycles. The first-order valence-electron chi connectivity index (χ1n) is 7.95. The molecule has 1 aliphatic heterocycles. The van der Waals surface area contributed by atoms with E-state index < -0.39 is 0 Å². The summed E-state index contributed by atoms with van der Waals surface area (Å²) in [5.41, 5.74) is 6.81. The number of halogens is 1. The van der Waals surface area contributed by atoms with Gasteiger partial charge in [0.15, 0.2) is 6.21 Å². The van der Waals surface area contributed by atoms with Crippen molar-refractivity contribution in [3.8, 4) is 0 Å². The maximum absolute atomic E-state index is 5.78. The van der Waals surface area contributed by atoms with Crippen LogP contribution in [0.1, 0.15) is 16.9 Å². The molecule has 0 bridgehead atoms. The predicted octanol–water partition coefficient (Wildman–Crippen LogP) is 0.520. The highest BCUT2D eigenvalue weighted by Gasteiger charge is 2.25. The van der Waals surface area contributed by atoms with Crippen molar-refractivity contribution >= 4 is 34.0 Å². The van der Waals surface area contributed by atoms with Gasteiger partial charge >= 0.3 is 0 Å². The Hall–Kier alpha value is -3.04. The number of aromatic nitrogens is 1. The van der Waals surface area contributed by atoms with Gasteiger partial charge in [0, 0.05) is 34.3 Å². The normalized spacial score (nSPS) is 14.4. The molecular weight excluding hydrogens is 332 g/mol. The van der Waals surface area contributed by atoms with Crippen molar-refractivity contribution in [3.05, 3.63) is 90.0 Å².